The molecule has 0 fully saturated rings. The highest BCUT2D eigenvalue weighted by molar-refractivity contribution is 5.30. The van der Waals surface area contributed by atoms with Gasteiger partial charge >= 0.3 is 0 Å². The SMILES string of the molecule is Cc1cc(CN)c(C(F)F)nc1CO. The number of alkyl halides is 2. The Bertz CT molecular complexity index is 329. The summed E-state index contributed by atoms with van der Waals surface area (Å²) < 4.78 is 24.9. The number of nitrogens with zero attached hydrogens (tertiary/aromatic N) is 1. The summed E-state index contributed by atoms with van der Waals surface area (Å²) in [6.45, 7) is 1.39. The molecule has 0 unspecified atom stereocenters. The van der Waals surface area contributed by atoms with Crippen LogP contribution in [0.5, 0.6) is 0 Å². The van der Waals surface area contributed by atoms with Crippen LogP contribution in [0.2, 0.25) is 0 Å². The highest BCUT2D eigenvalue weighted by atomic mass is 19.3. The predicted molar refractivity (Wildman–Crippen MR) is 47.7 cm³/mol. The van der Waals surface area contributed by atoms with Crippen LogP contribution in [-0.2, 0) is 13.2 Å². The summed E-state index contributed by atoms with van der Waals surface area (Å²) in [5.74, 6) is 0. The maximum atomic E-state index is 12.5. The Morgan fingerprint density at radius 1 is 1.57 bits per heavy atom. The van der Waals surface area contributed by atoms with E-state index in [-0.39, 0.29) is 24.5 Å². The molecule has 1 rings (SSSR count). The molecule has 0 saturated heterocycles. The summed E-state index contributed by atoms with van der Waals surface area (Å²) in [4.78, 5) is 3.68. The molecule has 3 N–H and O–H groups in total. The maximum Gasteiger partial charge on any atom is 0.280 e. The van der Waals surface area contributed by atoms with E-state index >= 15 is 0 Å². The second-order valence-corrected chi connectivity index (χ2v) is 2.96. The van der Waals surface area contributed by atoms with E-state index in [4.69, 9.17) is 10.8 Å². The van der Waals surface area contributed by atoms with Crippen molar-refractivity contribution in [3.63, 3.8) is 0 Å². The molecule has 0 saturated carbocycles. The van der Waals surface area contributed by atoms with Crippen LogP contribution in [0.3, 0.4) is 0 Å². The predicted octanol–water partition coefficient (Wildman–Crippen LogP) is 1.28. The summed E-state index contributed by atoms with van der Waals surface area (Å²) in [5, 5.41) is 8.85. The van der Waals surface area contributed by atoms with E-state index in [1.54, 1.807) is 13.0 Å². The molecule has 0 aromatic carbocycles. The zero-order valence-electron chi connectivity index (χ0n) is 7.80. The molecule has 3 nitrogen and oxygen atoms in total. The highest BCUT2D eigenvalue weighted by Gasteiger charge is 2.16. The van der Waals surface area contributed by atoms with Crippen molar-refractivity contribution in [3.8, 4) is 0 Å². The average molecular weight is 202 g/mol. The lowest BCUT2D eigenvalue weighted by atomic mass is 10.1. The Morgan fingerprint density at radius 2 is 2.21 bits per heavy atom. The number of aliphatic hydroxyl groups excluding tert-OH is 1. The third-order valence-electron chi connectivity index (χ3n) is 2.01. The molecule has 1 heterocycles. The third kappa shape index (κ3) is 2.05. The molecule has 0 radical (unpaired) electrons. The number of pyridine rings is 1. The Labute approximate surface area is 80.6 Å². The van der Waals surface area contributed by atoms with Gasteiger partial charge in [-0.05, 0) is 18.1 Å². The van der Waals surface area contributed by atoms with Crippen molar-refractivity contribution in [1.29, 1.82) is 0 Å². The second kappa shape index (κ2) is 4.43. The lowest BCUT2D eigenvalue weighted by molar-refractivity contribution is 0.144. The number of aryl methyl sites for hydroxylation is 1. The van der Waals surface area contributed by atoms with Crippen molar-refractivity contribution in [1.82, 2.24) is 4.98 Å². The fourth-order valence-corrected chi connectivity index (χ4v) is 1.24. The first-order chi connectivity index (χ1) is 6.60. The minimum absolute atomic E-state index is 0.0270. The molecule has 1 aromatic rings. The molecule has 1 aromatic heterocycles. The summed E-state index contributed by atoms with van der Waals surface area (Å²) in [6.07, 6.45) is -2.65. The molecular weight excluding hydrogens is 190 g/mol. The Kier molecular flexibility index (Phi) is 3.49. The largest absolute Gasteiger partial charge is 0.390 e. The van der Waals surface area contributed by atoms with Gasteiger partial charge < -0.3 is 10.8 Å². The molecule has 0 amide bonds. The van der Waals surface area contributed by atoms with Crippen molar-refractivity contribution >= 4 is 0 Å². The maximum absolute atomic E-state index is 12.5. The number of hydrogen-bond acceptors (Lipinski definition) is 3. The smallest absolute Gasteiger partial charge is 0.280 e. The van der Waals surface area contributed by atoms with E-state index in [9.17, 15) is 8.78 Å². The number of halogens is 2. The Morgan fingerprint density at radius 3 is 2.64 bits per heavy atom. The van der Waals surface area contributed by atoms with Gasteiger partial charge in [-0.2, -0.15) is 0 Å². The molecule has 14 heavy (non-hydrogen) atoms. The van der Waals surface area contributed by atoms with Gasteiger partial charge in [-0.15, -0.1) is 0 Å². The van der Waals surface area contributed by atoms with Crippen LogP contribution in [-0.4, -0.2) is 10.1 Å². The molecule has 0 aliphatic carbocycles. The molecule has 0 aliphatic rings. The van der Waals surface area contributed by atoms with Crippen molar-refractivity contribution in [2.45, 2.75) is 26.5 Å². The second-order valence-electron chi connectivity index (χ2n) is 2.96. The number of aromatic nitrogens is 1. The van der Waals surface area contributed by atoms with Gasteiger partial charge in [0.15, 0.2) is 0 Å². The van der Waals surface area contributed by atoms with Gasteiger partial charge in [0.25, 0.3) is 6.43 Å². The van der Waals surface area contributed by atoms with Crippen molar-refractivity contribution in [2.75, 3.05) is 0 Å². The Balaban J connectivity index is 3.25. The average Bonchev–Trinajstić information content (AvgIpc) is 2.16. The monoisotopic (exact) mass is 202 g/mol. The van der Waals surface area contributed by atoms with Gasteiger partial charge in [0, 0.05) is 6.54 Å². The standard InChI is InChI=1S/C9H12F2N2O/c1-5-2-6(3-12)8(9(10)11)13-7(5)4-14/h2,9,14H,3-4,12H2,1H3. The van der Waals surface area contributed by atoms with Crippen LogP contribution in [0.4, 0.5) is 8.78 Å². The number of hydrogen-bond donors (Lipinski definition) is 2. The number of rotatable bonds is 3. The first kappa shape index (κ1) is 11.0. The molecule has 0 spiro atoms. The fraction of sp³-hybridized carbons (Fsp3) is 0.444. The third-order valence-corrected chi connectivity index (χ3v) is 2.01. The van der Waals surface area contributed by atoms with E-state index in [2.05, 4.69) is 4.98 Å². The lowest BCUT2D eigenvalue weighted by Crippen LogP contribution is -2.08. The van der Waals surface area contributed by atoms with Crippen LogP contribution in [0.15, 0.2) is 6.07 Å². The van der Waals surface area contributed by atoms with Gasteiger partial charge in [0.05, 0.1) is 12.3 Å². The van der Waals surface area contributed by atoms with Crippen LogP contribution in [0.1, 0.15) is 28.9 Å². The number of aliphatic hydroxyl groups is 1. The highest BCUT2D eigenvalue weighted by Crippen LogP contribution is 2.22. The minimum atomic E-state index is -2.65. The minimum Gasteiger partial charge on any atom is -0.390 e. The molecular formula is C9H12F2N2O. The topological polar surface area (TPSA) is 59.1 Å². The Hall–Kier alpha value is -1.07. The van der Waals surface area contributed by atoms with Gasteiger partial charge in [-0.25, -0.2) is 13.8 Å². The van der Waals surface area contributed by atoms with Crippen LogP contribution < -0.4 is 5.73 Å². The summed E-state index contributed by atoms with van der Waals surface area (Å²) in [6, 6.07) is 1.54. The normalized spacial score (nSPS) is 11.0. The van der Waals surface area contributed by atoms with Crippen LogP contribution in [0, 0.1) is 6.92 Å². The van der Waals surface area contributed by atoms with E-state index < -0.39 is 6.43 Å². The first-order valence-electron chi connectivity index (χ1n) is 4.18. The zero-order chi connectivity index (χ0) is 10.7. The van der Waals surface area contributed by atoms with E-state index in [0.717, 1.165) is 0 Å². The van der Waals surface area contributed by atoms with Crippen LogP contribution >= 0.6 is 0 Å². The molecule has 0 atom stereocenters. The quantitative estimate of drug-likeness (QED) is 0.776. The van der Waals surface area contributed by atoms with Crippen molar-refractivity contribution in [2.24, 2.45) is 5.73 Å². The molecule has 5 heteroatoms. The van der Waals surface area contributed by atoms with Gasteiger partial charge in [-0.3, -0.25) is 0 Å². The summed E-state index contributed by atoms with van der Waals surface area (Å²) >= 11 is 0. The van der Waals surface area contributed by atoms with E-state index in [1.807, 2.05) is 0 Å². The molecule has 0 aliphatic heterocycles. The zero-order valence-corrected chi connectivity index (χ0v) is 7.80. The molecule has 78 valence electrons. The van der Waals surface area contributed by atoms with Gasteiger partial charge in [0.2, 0.25) is 0 Å². The number of nitrogens with two attached hydrogens (primary N) is 1. The summed E-state index contributed by atoms with van der Waals surface area (Å²) in [7, 11) is 0. The van der Waals surface area contributed by atoms with E-state index in [1.165, 1.54) is 0 Å². The van der Waals surface area contributed by atoms with E-state index in [0.29, 0.717) is 11.1 Å². The van der Waals surface area contributed by atoms with Gasteiger partial charge in [-0.1, -0.05) is 6.07 Å². The molecule has 0 bridgehead atoms. The van der Waals surface area contributed by atoms with Crippen LogP contribution in [0.25, 0.3) is 0 Å². The first-order valence-corrected chi connectivity index (χ1v) is 4.18. The lowest BCUT2D eigenvalue weighted by Gasteiger charge is -2.10. The summed E-state index contributed by atoms with van der Waals surface area (Å²) in [5.41, 5.74) is 6.26. The van der Waals surface area contributed by atoms with Crippen molar-refractivity contribution < 1.29 is 13.9 Å². The van der Waals surface area contributed by atoms with Crippen molar-refractivity contribution in [3.05, 3.63) is 28.6 Å². The fourth-order valence-electron chi connectivity index (χ4n) is 1.24. The van der Waals surface area contributed by atoms with Gasteiger partial charge in [0.1, 0.15) is 5.69 Å².